The summed E-state index contributed by atoms with van der Waals surface area (Å²) in [6.07, 6.45) is 0. The molecule has 2 rings (SSSR count). The molecule has 0 radical (unpaired) electrons. The molecule has 0 saturated heterocycles. The molecule has 0 heterocycles. The second-order valence-corrected chi connectivity index (χ2v) is 8.88. The van der Waals surface area contributed by atoms with Gasteiger partial charge in [0.25, 0.3) is 11.8 Å². The number of aliphatic hydroxyl groups excluding tert-OH is 2. The van der Waals surface area contributed by atoms with Gasteiger partial charge >= 0.3 is 0 Å². The monoisotopic (exact) mass is 576 g/mol. The molecule has 2 aromatic carbocycles. The van der Waals surface area contributed by atoms with Crippen molar-refractivity contribution < 1.29 is 62.7 Å². The van der Waals surface area contributed by atoms with Crippen molar-refractivity contribution in [3.63, 3.8) is 0 Å². The fourth-order valence-electron chi connectivity index (χ4n) is 3.38. The van der Waals surface area contributed by atoms with Gasteiger partial charge in [-0.25, -0.2) is 0 Å². The summed E-state index contributed by atoms with van der Waals surface area (Å²) in [6.45, 7) is 1.50. The van der Waals surface area contributed by atoms with Gasteiger partial charge in [0.05, 0.1) is 41.4 Å². The molecule has 0 bridgehead atoms. The van der Waals surface area contributed by atoms with Gasteiger partial charge in [0.1, 0.15) is 13.1 Å². The summed E-state index contributed by atoms with van der Waals surface area (Å²) in [5.74, 6) is -0.281. The molecule has 0 unspecified atom stereocenters. The van der Waals surface area contributed by atoms with Gasteiger partial charge in [0, 0.05) is 22.1 Å². The Kier molecular flexibility index (Phi) is 12.6. The molecule has 0 aliphatic rings. The average molecular weight is 578 g/mol. The zero-order chi connectivity index (χ0) is 22.4. The Balaban J connectivity index is 0.00000480. The fourth-order valence-corrected chi connectivity index (χ4v) is 3.38. The largest absolute Gasteiger partial charge is 1.00 e. The lowest BCUT2D eigenvalue weighted by Crippen LogP contribution is -3.00. The number of hydrogen-bond acceptors (Lipinski definition) is 4. The van der Waals surface area contributed by atoms with Gasteiger partial charge in [-0.1, -0.05) is 24.3 Å². The van der Waals surface area contributed by atoms with Crippen LogP contribution in [0.3, 0.4) is 0 Å². The molecule has 0 saturated carbocycles. The standard InChI is InChI=1S/C22H32N4O4.2BrH/c1-25(2,11-13-27)15-21(29)23-19-9-5-8-18-17(19)7-6-10-20(18)24-22(30)16-26(3,4)12-14-28;;/h5-10,27-28H,11-16H2,1-4H3;2*1H. The lowest BCUT2D eigenvalue weighted by atomic mass is 10.1. The van der Waals surface area contributed by atoms with Crippen LogP contribution in [0.4, 0.5) is 11.4 Å². The smallest absolute Gasteiger partial charge is 0.279 e. The number of carbonyl (C=O) groups is 2. The minimum Gasteiger partial charge on any atom is -1.00 e. The number of amides is 2. The summed E-state index contributed by atoms with van der Waals surface area (Å²) in [7, 11) is 7.57. The van der Waals surface area contributed by atoms with Gasteiger partial charge in [0.2, 0.25) is 0 Å². The fraction of sp³-hybridized carbons (Fsp3) is 0.455. The number of carbonyl (C=O) groups excluding carboxylic acids is 2. The number of hydrogen-bond donors (Lipinski definition) is 4. The van der Waals surface area contributed by atoms with Crippen LogP contribution < -0.4 is 44.6 Å². The highest BCUT2D eigenvalue weighted by Gasteiger charge is 2.21. The first-order valence-corrected chi connectivity index (χ1v) is 10.0. The van der Waals surface area contributed by atoms with E-state index in [0.29, 0.717) is 33.4 Å². The molecule has 0 atom stereocenters. The molecule has 4 N–H and O–H groups in total. The van der Waals surface area contributed by atoms with Crippen molar-refractivity contribution in [1.29, 1.82) is 0 Å². The molecule has 32 heavy (non-hydrogen) atoms. The van der Waals surface area contributed by atoms with Crippen LogP contribution in [0, 0.1) is 0 Å². The number of nitrogens with zero attached hydrogens (tertiary/aromatic N) is 2. The Hall–Kier alpha value is -1.56. The van der Waals surface area contributed by atoms with E-state index in [1.807, 2.05) is 64.6 Å². The zero-order valence-corrected chi connectivity index (χ0v) is 22.2. The third kappa shape index (κ3) is 9.13. The summed E-state index contributed by atoms with van der Waals surface area (Å²) in [5, 5.41) is 25.9. The second kappa shape index (κ2) is 13.2. The zero-order valence-electron chi connectivity index (χ0n) is 19.1. The number of anilines is 2. The first-order chi connectivity index (χ1) is 14.1. The van der Waals surface area contributed by atoms with Crippen LogP contribution in [0.15, 0.2) is 36.4 Å². The van der Waals surface area contributed by atoms with Gasteiger partial charge in [-0.05, 0) is 12.1 Å². The summed E-state index contributed by atoms with van der Waals surface area (Å²) in [5.41, 5.74) is 1.35. The molecule has 0 aliphatic carbocycles. The van der Waals surface area contributed by atoms with Crippen molar-refractivity contribution in [3.8, 4) is 0 Å². The Morgan fingerprint density at radius 2 is 1.06 bits per heavy atom. The van der Waals surface area contributed by atoms with Crippen molar-refractivity contribution in [1.82, 2.24) is 0 Å². The van der Waals surface area contributed by atoms with E-state index in [-0.39, 0.29) is 72.1 Å². The third-order valence-electron chi connectivity index (χ3n) is 5.02. The van der Waals surface area contributed by atoms with E-state index in [4.69, 9.17) is 10.2 Å². The second-order valence-electron chi connectivity index (χ2n) is 8.88. The number of fused-ring (bicyclic) bond motifs is 1. The number of quaternary nitrogens is 2. The predicted octanol–water partition coefficient (Wildman–Crippen LogP) is -5.14. The molecule has 0 spiro atoms. The topological polar surface area (TPSA) is 98.7 Å². The van der Waals surface area contributed by atoms with E-state index in [2.05, 4.69) is 10.6 Å². The lowest BCUT2D eigenvalue weighted by molar-refractivity contribution is -0.882. The highest BCUT2D eigenvalue weighted by atomic mass is 79.9. The number of likely N-dealkylation sites (N-methyl/N-ethyl adjacent to an activating group) is 2. The number of rotatable bonds is 10. The first-order valence-electron chi connectivity index (χ1n) is 10.0. The molecule has 2 aromatic rings. The summed E-state index contributed by atoms with van der Waals surface area (Å²) >= 11 is 0. The Labute approximate surface area is 210 Å². The Morgan fingerprint density at radius 3 is 1.38 bits per heavy atom. The quantitative estimate of drug-likeness (QED) is 0.212. The minimum absolute atomic E-state index is 0. The van der Waals surface area contributed by atoms with Crippen molar-refractivity contribution in [2.24, 2.45) is 0 Å². The molecule has 0 fully saturated rings. The normalized spacial score (nSPS) is 11.3. The third-order valence-corrected chi connectivity index (χ3v) is 5.02. The van der Waals surface area contributed by atoms with Crippen LogP contribution in [-0.2, 0) is 9.59 Å². The number of aliphatic hydroxyl groups is 2. The van der Waals surface area contributed by atoms with Crippen LogP contribution in [-0.4, -0.2) is 98.6 Å². The SMILES string of the molecule is C[N+](C)(CCO)CC(=O)Nc1cccc2c(NC(=O)C[N+](C)(C)CCO)cccc12.[Br-].[Br-]. The number of halogens is 2. The average Bonchev–Trinajstić information content (AvgIpc) is 2.61. The maximum absolute atomic E-state index is 12.5. The van der Waals surface area contributed by atoms with Crippen molar-refractivity contribution >= 4 is 34.0 Å². The minimum atomic E-state index is -0.140. The molecule has 0 aromatic heterocycles. The first kappa shape index (κ1) is 30.4. The van der Waals surface area contributed by atoms with Gasteiger partial charge in [-0.3, -0.25) is 9.59 Å². The predicted molar refractivity (Wildman–Crippen MR) is 119 cm³/mol. The van der Waals surface area contributed by atoms with E-state index in [0.717, 1.165) is 10.8 Å². The molecule has 0 aliphatic heterocycles. The molecular formula is C22H34Br2N4O4. The number of benzene rings is 2. The lowest BCUT2D eigenvalue weighted by Gasteiger charge is -2.28. The van der Waals surface area contributed by atoms with E-state index < -0.39 is 0 Å². The highest BCUT2D eigenvalue weighted by molar-refractivity contribution is 6.09. The van der Waals surface area contributed by atoms with Crippen LogP contribution in [0.5, 0.6) is 0 Å². The van der Waals surface area contributed by atoms with E-state index in [1.165, 1.54) is 0 Å². The van der Waals surface area contributed by atoms with E-state index >= 15 is 0 Å². The Bertz CT molecular complexity index is 833. The maximum atomic E-state index is 12.5. The molecular weight excluding hydrogens is 544 g/mol. The van der Waals surface area contributed by atoms with Crippen LogP contribution in [0.25, 0.3) is 10.8 Å². The van der Waals surface area contributed by atoms with Gasteiger partial charge in [0.15, 0.2) is 13.1 Å². The van der Waals surface area contributed by atoms with Gasteiger partial charge in [-0.2, -0.15) is 0 Å². The van der Waals surface area contributed by atoms with Crippen molar-refractivity contribution in [2.75, 3.05) is 78.2 Å². The summed E-state index contributed by atoms with van der Waals surface area (Å²) in [6, 6.07) is 11.2. The maximum Gasteiger partial charge on any atom is 0.279 e. The van der Waals surface area contributed by atoms with E-state index in [9.17, 15) is 9.59 Å². The molecule has 8 nitrogen and oxygen atoms in total. The van der Waals surface area contributed by atoms with Crippen LogP contribution >= 0.6 is 0 Å². The Morgan fingerprint density at radius 1 is 0.719 bits per heavy atom. The van der Waals surface area contributed by atoms with E-state index in [1.54, 1.807) is 0 Å². The summed E-state index contributed by atoms with van der Waals surface area (Å²) in [4.78, 5) is 25.1. The summed E-state index contributed by atoms with van der Waals surface area (Å²) < 4.78 is 0.770. The number of nitrogens with one attached hydrogen (secondary N) is 2. The molecule has 10 heteroatoms. The highest BCUT2D eigenvalue weighted by Crippen LogP contribution is 2.29. The van der Waals surface area contributed by atoms with Gasteiger partial charge in [-0.15, -0.1) is 0 Å². The van der Waals surface area contributed by atoms with Crippen LogP contribution in [0.1, 0.15) is 0 Å². The van der Waals surface area contributed by atoms with Crippen molar-refractivity contribution in [2.45, 2.75) is 0 Å². The molecule has 180 valence electrons. The molecule has 2 amide bonds. The van der Waals surface area contributed by atoms with Gasteiger partial charge < -0.3 is 63.8 Å². The van der Waals surface area contributed by atoms with Crippen LogP contribution in [0.2, 0.25) is 0 Å². The van der Waals surface area contributed by atoms with Crippen molar-refractivity contribution in [3.05, 3.63) is 36.4 Å².